The molecule has 0 spiro atoms. The van der Waals surface area contributed by atoms with E-state index in [1.165, 1.54) is 4.31 Å². The molecule has 0 bridgehead atoms. The summed E-state index contributed by atoms with van der Waals surface area (Å²) < 4.78 is 24.6. The number of benzene rings is 1. The maximum Gasteiger partial charge on any atom is 0.335 e. The van der Waals surface area contributed by atoms with Crippen LogP contribution >= 0.6 is 0 Å². The van der Waals surface area contributed by atoms with Gasteiger partial charge in [0.25, 0.3) is 11.6 Å². The lowest BCUT2D eigenvalue weighted by atomic mass is 10.1. The summed E-state index contributed by atoms with van der Waals surface area (Å²) in [4.78, 5) is 33.3. The predicted molar refractivity (Wildman–Crippen MR) is 87.0 cm³/mol. The van der Waals surface area contributed by atoms with Gasteiger partial charge in [-0.2, -0.15) is 4.31 Å². The number of rotatable bonds is 6. The molecule has 10 nitrogen and oxygen atoms in total. The number of carboxylic acids is 1. The van der Waals surface area contributed by atoms with E-state index in [0.717, 1.165) is 24.5 Å². The number of nitrogens with one attached hydrogen (secondary N) is 1. The summed E-state index contributed by atoms with van der Waals surface area (Å²) in [5.41, 5.74) is -1.06. The molecule has 1 aromatic carbocycles. The predicted octanol–water partition coefficient (Wildman–Crippen LogP) is 0.447. The van der Waals surface area contributed by atoms with E-state index in [-0.39, 0.29) is 17.7 Å². The van der Waals surface area contributed by atoms with Crippen LogP contribution in [0, 0.1) is 10.1 Å². The monoisotopic (exact) mass is 371 g/mol. The second-order valence-electron chi connectivity index (χ2n) is 5.71. The molecule has 1 amide bonds. The van der Waals surface area contributed by atoms with E-state index in [1.54, 1.807) is 0 Å². The van der Waals surface area contributed by atoms with Crippen LogP contribution in [0.5, 0.6) is 0 Å². The molecular weight excluding hydrogens is 354 g/mol. The van der Waals surface area contributed by atoms with E-state index >= 15 is 0 Å². The molecule has 11 heteroatoms. The minimum absolute atomic E-state index is 0.0387. The third-order valence-corrected chi connectivity index (χ3v) is 5.22. The van der Waals surface area contributed by atoms with Crippen LogP contribution in [-0.2, 0) is 10.0 Å². The quantitative estimate of drug-likeness (QED) is 0.545. The number of amides is 1. The first-order valence-corrected chi connectivity index (χ1v) is 9.22. The van der Waals surface area contributed by atoms with Crippen molar-refractivity contribution in [2.75, 3.05) is 19.3 Å². The van der Waals surface area contributed by atoms with Gasteiger partial charge in [0.1, 0.15) is 0 Å². The van der Waals surface area contributed by atoms with Gasteiger partial charge in [-0.3, -0.25) is 14.9 Å². The fourth-order valence-corrected chi connectivity index (χ4v) is 3.92. The molecule has 2 rings (SSSR count). The van der Waals surface area contributed by atoms with Crippen LogP contribution in [0.3, 0.4) is 0 Å². The second kappa shape index (κ2) is 7.15. The van der Waals surface area contributed by atoms with Crippen LogP contribution in [0.15, 0.2) is 18.2 Å². The van der Waals surface area contributed by atoms with Crippen LogP contribution in [0.2, 0.25) is 0 Å². The van der Waals surface area contributed by atoms with Crippen LogP contribution in [0.1, 0.15) is 33.6 Å². The van der Waals surface area contributed by atoms with Crippen LogP contribution in [0.25, 0.3) is 0 Å². The molecule has 0 aromatic heterocycles. The molecule has 2 N–H and O–H groups in total. The number of non-ortho nitro benzene ring substituents is 1. The number of nitrogens with zero attached hydrogens (tertiary/aromatic N) is 2. The number of nitro benzene ring substituents is 1. The van der Waals surface area contributed by atoms with Crippen molar-refractivity contribution >= 4 is 27.6 Å². The maximum absolute atomic E-state index is 12.2. The van der Waals surface area contributed by atoms with E-state index in [4.69, 9.17) is 5.11 Å². The molecule has 1 heterocycles. The van der Waals surface area contributed by atoms with Gasteiger partial charge in [0, 0.05) is 36.8 Å². The average molecular weight is 371 g/mol. The molecule has 1 aliphatic heterocycles. The minimum Gasteiger partial charge on any atom is -0.478 e. The third-order valence-electron chi connectivity index (χ3n) is 3.89. The van der Waals surface area contributed by atoms with Crippen molar-refractivity contribution in [1.29, 1.82) is 0 Å². The van der Waals surface area contributed by atoms with Crippen LogP contribution in [-0.4, -0.2) is 60.0 Å². The lowest BCUT2D eigenvalue weighted by molar-refractivity contribution is -0.384. The number of hydrogen-bond acceptors (Lipinski definition) is 6. The van der Waals surface area contributed by atoms with Gasteiger partial charge < -0.3 is 10.4 Å². The zero-order chi connectivity index (χ0) is 18.8. The molecule has 0 saturated carbocycles. The fourth-order valence-electron chi connectivity index (χ4n) is 2.73. The summed E-state index contributed by atoms with van der Waals surface area (Å²) in [5, 5.41) is 22.4. The Hall–Kier alpha value is -2.53. The number of hydrogen-bond donors (Lipinski definition) is 2. The Balaban J connectivity index is 2.15. The van der Waals surface area contributed by atoms with Crippen molar-refractivity contribution in [3.63, 3.8) is 0 Å². The van der Waals surface area contributed by atoms with Crippen molar-refractivity contribution in [1.82, 2.24) is 9.62 Å². The highest BCUT2D eigenvalue weighted by molar-refractivity contribution is 7.88. The van der Waals surface area contributed by atoms with Crippen molar-refractivity contribution in [2.45, 2.75) is 18.9 Å². The van der Waals surface area contributed by atoms with Gasteiger partial charge in [-0.1, -0.05) is 0 Å². The third kappa shape index (κ3) is 4.51. The van der Waals surface area contributed by atoms with Gasteiger partial charge >= 0.3 is 5.97 Å². The van der Waals surface area contributed by atoms with Gasteiger partial charge in [0.05, 0.1) is 16.7 Å². The smallest absolute Gasteiger partial charge is 0.335 e. The summed E-state index contributed by atoms with van der Waals surface area (Å²) >= 11 is 0. The standard InChI is InChI=1S/C14H17N3O7S/c1-25(23,24)16-4-2-3-11(16)8-15-13(18)9-5-10(14(19)20)7-12(6-9)17(21)22/h5-7,11H,2-4,8H2,1H3,(H,15,18)(H,19,20)/t11-/m1/s1. The summed E-state index contributed by atoms with van der Waals surface area (Å²) in [6, 6.07) is 2.48. The number of carbonyl (C=O) groups is 2. The number of nitro groups is 1. The first-order chi connectivity index (χ1) is 11.6. The topological polar surface area (TPSA) is 147 Å². The molecule has 0 radical (unpaired) electrons. The summed E-state index contributed by atoms with van der Waals surface area (Å²) in [6.45, 7) is 0.413. The Labute approximate surface area is 143 Å². The Morgan fingerprint density at radius 1 is 1.36 bits per heavy atom. The highest BCUT2D eigenvalue weighted by Gasteiger charge is 2.31. The number of aromatic carboxylic acids is 1. The molecule has 1 aromatic rings. The van der Waals surface area contributed by atoms with E-state index in [1.807, 2.05) is 0 Å². The van der Waals surface area contributed by atoms with Gasteiger partial charge in [-0.05, 0) is 18.9 Å². The molecule has 136 valence electrons. The minimum atomic E-state index is -3.39. The lowest BCUT2D eigenvalue weighted by Gasteiger charge is -2.22. The summed E-state index contributed by atoms with van der Waals surface area (Å²) in [5.74, 6) is -2.09. The van der Waals surface area contributed by atoms with Crippen molar-refractivity contribution in [2.24, 2.45) is 0 Å². The Morgan fingerprint density at radius 2 is 2.00 bits per heavy atom. The van der Waals surface area contributed by atoms with Gasteiger partial charge in [0.15, 0.2) is 0 Å². The molecule has 1 saturated heterocycles. The number of sulfonamides is 1. The number of carbonyl (C=O) groups excluding carboxylic acids is 1. The van der Waals surface area contributed by atoms with Crippen molar-refractivity contribution < 1.29 is 28.0 Å². The molecule has 0 aliphatic carbocycles. The maximum atomic E-state index is 12.2. The molecule has 0 unspecified atom stereocenters. The molecule has 1 atom stereocenters. The Bertz CT molecular complexity index is 789. The van der Waals surface area contributed by atoms with Gasteiger partial charge in [0.2, 0.25) is 10.0 Å². The zero-order valence-corrected chi connectivity index (χ0v) is 14.2. The summed E-state index contributed by atoms with van der Waals surface area (Å²) in [7, 11) is -3.39. The first kappa shape index (κ1) is 18.8. The van der Waals surface area contributed by atoms with Crippen LogP contribution < -0.4 is 5.32 Å². The van der Waals surface area contributed by atoms with Crippen LogP contribution in [0.4, 0.5) is 5.69 Å². The Morgan fingerprint density at radius 3 is 2.56 bits per heavy atom. The Kier molecular flexibility index (Phi) is 5.38. The van der Waals surface area contributed by atoms with E-state index < -0.39 is 38.6 Å². The van der Waals surface area contributed by atoms with E-state index in [0.29, 0.717) is 19.4 Å². The molecule has 25 heavy (non-hydrogen) atoms. The lowest BCUT2D eigenvalue weighted by Crippen LogP contribution is -2.42. The molecule has 1 aliphatic rings. The van der Waals surface area contributed by atoms with E-state index in [2.05, 4.69) is 5.32 Å². The molecule has 1 fully saturated rings. The van der Waals surface area contributed by atoms with Crippen molar-refractivity contribution in [3.8, 4) is 0 Å². The van der Waals surface area contributed by atoms with E-state index in [9.17, 15) is 28.1 Å². The molecular formula is C14H17N3O7S. The highest BCUT2D eigenvalue weighted by Crippen LogP contribution is 2.20. The summed E-state index contributed by atoms with van der Waals surface area (Å²) in [6.07, 6.45) is 2.35. The second-order valence-corrected chi connectivity index (χ2v) is 7.65. The van der Waals surface area contributed by atoms with Gasteiger partial charge in [-0.25, -0.2) is 13.2 Å². The van der Waals surface area contributed by atoms with Gasteiger partial charge in [-0.15, -0.1) is 0 Å². The van der Waals surface area contributed by atoms with Crippen molar-refractivity contribution in [3.05, 3.63) is 39.4 Å². The zero-order valence-electron chi connectivity index (χ0n) is 13.3. The average Bonchev–Trinajstić information content (AvgIpc) is 3.00. The SMILES string of the molecule is CS(=O)(=O)N1CCC[C@@H]1CNC(=O)c1cc(C(=O)O)cc([N+](=O)[O-])c1. The highest BCUT2D eigenvalue weighted by atomic mass is 32.2. The normalized spacial score (nSPS) is 18.0. The first-order valence-electron chi connectivity index (χ1n) is 7.37. The fraction of sp³-hybridized carbons (Fsp3) is 0.429. The number of carboxylic acid groups (broad SMARTS) is 1. The largest absolute Gasteiger partial charge is 0.478 e.